The average Bonchev–Trinajstić information content (AvgIpc) is 2.97. The minimum Gasteiger partial charge on any atom is -0.480 e. The number of carboxylic acid groups (broad SMARTS) is 1. The summed E-state index contributed by atoms with van der Waals surface area (Å²) in [5, 5.41) is 10.0. The van der Waals surface area contributed by atoms with Crippen LogP contribution in [0.15, 0.2) is 24.3 Å². The van der Waals surface area contributed by atoms with Gasteiger partial charge in [-0.05, 0) is 42.4 Å². The molecule has 2 fully saturated rings. The minimum atomic E-state index is -0.946. The van der Waals surface area contributed by atoms with Crippen LogP contribution < -0.4 is 0 Å². The largest absolute Gasteiger partial charge is 0.480 e. The molecule has 7 heteroatoms. The van der Waals surface area contributed by atoms with Crippen LogP contribution in [0.4, 0.5) is 0 Å². The number of likely N-dealkylation sites (tertiary alicyclic amines) is 2. The molecule has 0 saturated carbocycles. The van der Waals surface area contributed by atoms with Gasteiger partial charge in [-0.3, -0.25) is 9.59 Å². The van der Waals surface area contributed by atoms with Gasteiger partial charge in [0.15, 0.2) is 0 Å². The molecule has 2 aliphatic heterocycles. The maximum absolute atomic E-state index is 12.5. The number of benzene rings is 1. The van der Waals surface area contributed by atoms with Crippen LogP contribution in [-0.2, 0) is 20.8 Å². The molecule has 1 aromatic carbocycles. The van der Waals surface area contributed by atoms with E-state index in [1.807, 2.05) is 17.0 Å². The zero-order valence-corrected chi connectivity index (χ0v) is 15.5. The van der Waals surface area contributed by atoms with Crippen LogP contribution >= 0.6 is 11.6 Å². The van der Waals surface area contributed by atoms with Crippen LogP contribution in [0.3, 0.4) is 0 Å². The van der Waals surface area contributed by atoms with Crippen LogP contribution in [0.25, 0.3) is 0 Å². The van der Waals surface area contributed by atoms with Crippen molar-refractivity contribution in [1.29, 1.82) is 0 Å². The van der Waals surface area contributed by atoms with Crippen molar-refractivity contribution in [2.45, 2.75) is 38.6 Å². The fourth-order valence-corrected chi connectivity index (χ4v) is 4.22. The van der Waals surface area contributed by atoms with E-state index in [1.165, 1.54) is 11.8 Å². The lowest BCUT2D eigenvalue weighted by Gasteiger charge is -2.39. The van der Waals surface area contributed by atoms with Crippen molar-refractivity contribution in [3.8, 4) is 0 Å². The number of halogens is 1. The molecule has 2 aliphatic rings. The van der Waals surface area contributed by atoms with E-state index in [-0.39, 0.29) is 17.2 Å². The zero-order valence-electron chi connectivity index (χ0n) is 14.8. The Morgan fingerprint density at radius 2 is 1.81 bits per heavy atom. The van der Waals surface area contributed by atoms with Gasteiger partial charge < -0.3 is 14.9 Å². The van der Waals surface area contributed by atoms with Gasteiger partial charge in [0.25, 0.3) is 0 Å². The first-order valence-electron chi connectivity index (χ1n) is 8.82. The third-order valence-electron chi connectivity index (χ3n) is 5.64. The molecule has 2 saturated heterocycles. The smallest absolute Gasteiger partial charge is 0.326 e. The van der Waals surface area contributed by atoms with Gasteiger partial charge in [-0.25, -0.2) is 4.79 Å². The second-order valence-corrected chi connectivity index (χ2v) is 7.83. The normalized spacial score (nSPS) is 21.8. The summed E-state index contributed by atoms with van der Waals surface area (Å²) in [5.74, 6) is -1.08. The highest BCUT2D eigenvalue weighted by molar-refractivity contribution is 6.30. The van der Waals surface area contributed by atoms with Crippen LogP contribution in [0.2, 0.25) is 5.02 Å². The van der Waals surface area contributed by atoms with Gasteiger partial charge in [-0.15, -0.1) is 0 Å². The quantitative estimate of drug-likeness (QED) is 0.874. The van der Waals surface area contributed by atoms with Crippen LogP contribution in [0.1, 0.15) is 31.7 Å². The lowest BCUT2D eigenvalue weighted by molar-refractivity contribution is -0.147. The highest BCUT2D eigenvalue weighted by atomic mass is 35.5. The SMILES string of the molecule is CC(=O)N1CC2(CCN(C(=O)Cc3ccc(Cl)cc3)CC2)CC1C(=O)O. The van der Waals surface area contributed by atoms with Crippen molar-refractivity contribution in [2.24, 2.45) is 5.41 Å². The molecule has 2 heterocycles. The van der Waals surface area contributed by atoms with E-state index < -0.39 is 12.0 Å². The number of rotatable bonds is 3. The molecule has 140 valence electrons. The first-order chi connectivity index (χ1) is 12.3. The summed E-state index contributed by atoms with van der Waals surface area (Å²) >= 11 is 5.87. The summed E-state index contributed by atoms with van der Waals surface area (Å²) in [7, 11) is 0. The fourth-order valence-electron chi connectivity index (χ4n) is 4.09. The molecule has 0 radical (unpaired) electrons. The van der Waals surface area contributed by atoms with Gasteiger partial charge in [0.05, 0.1) is 6.42 Å². The molecule has 1 aromatic rings. The van der Waals surface area contributed by atoms with Crippen molar-refractivity contribution in [3.05, 3.63) is 34.9 Å². The number of piperidine rings is 1. The summed E-state index contributed by atoms with van der Waals surface area (Å²) in [6.07, 6.45) is 2.27. The number of nitrogens with zero attached hydrogens (tertiary/aromatic N) is 2. The van der Waals surface area contributed by atoms with Crippen LogP contribution in [-0.4, -0.2) is 58.4 Å². The Balaban J connectivity index is 1.60. The first kappa shape index (κ1) is 18.7. The third-order valence-corrected chi connectivity index (χ3v) is 5.90. The second kappa shape index (κ2) is 7.27. The Morgan fingerprint density at radius 1 is 1.19 bits per heavy atom. The summed E-state index contributed by atoms with van der Waals surface area (Å²) in [5.41, 5.74) is 0.737. The lowest BCUT2D eigenvalue weighted by Crippen LogP contribution is -2.45. The Kier molecular flexibility index (Phi) is 5.23. The molecular formula is C19H23ClN2O4. The molecule has 26 heavy (non-hydrogen) atoms. The second-order valence-electron chi connectivity index (χ2n) is 7.39. The monoisotopic (exact) mass is 378 g/mol. The van der Waals surface area contributed by atoms with E-state index in [4.69, 9.17) is 11.6 Å². The standard InChI is InChI=1S/C19H23ClN2O4/c1-13(23)22-12-19(11-16(22)18(25)26)6-8-21(9-7-19)17(24)10-14-2-4-15(20)5-3-14/h2-5,16H,6-12H2,1H3,(H,25,26). The van der Waals surface area contributed by atoms with Crippen LogP contribution in [0.5, 0.6) is 0 Å². The van der Waals surface area contributed by atoms with Crippen molar-refractivity contribution in [1.82, 2.24) is 9.80 Å². The van der Waals surface area contributed by atoms with Gasteiger partial charge >= 0.3 is 5.97 Å². The van der Waals surface area contributed by atoms with Gasteiger partial charge in [-0.1, -0.05) is 23.7 Å². The van der Waals surface area contributed by atoms with Gasteiger partial charge in [0, 0.05) is 31.6 Å². The maximum Gasteiger partial charge on any atom is 0.326 e. The summed E-state index contributed by atoms with van der Waals surface area (Å²) in [6.45, 7) is 3.09. The van der Waals surface area contributed by atoms with E-state index >= 15 is 0 Å². The molecule has 1 spiro atoms. The number of hydrogen-bond donors (Lipinski definition) is 1. The fraction of sp³-hybridized carbons (Fsp3) is 0.526. The minimum absolute atomic E-state index is 0.0679. The number of aliphatic carboxylic acids is 1. The molecule has 0 aliphatic carbocycles. The van der Waals surface area contributed by atoms with E-state index in [1.54, 1.807) is 12.1 Å². The number of carboxylic acids is 1. The molecule has 6 nitrogen and oxygen atoms in total. The highest BCUT2D eigenvalue weighted by Gasteiger charge is 2.49. The zero-order chi connectivity index (χ0) is 18.9. The molecule has 1 N–H and O–H groups in total. The van der Waals surface area contributed by atoms with E-state index in [2.05, 4.69) is 0 Å². The molecule has 0 bridgehead atoms. The summed E-state index contributed by atoms with van der Waals surface area (Å²) in [4.78, 5) is 39.1. The first-order valence-corrected chi connectivity index (χ1v) is 9.20. The van der Waals surface area contributed by atoms with Crippen molar-refractivity contribution in [2.75, 3.05) is 19.6 Å². The van der Waals surface area contributed by atoms with Gasteiger partial charge in [0.1, 0.15) is 6.04 Å². The molecular weight excluding hydrogens is 356 g/mol. The number of carbonyl (C=O) groups excluding carboxylic acids is 2. The Bertz CT molecular complexity index is 687. The molecule has 0 aromatic heterocycles. The molecule has 3 rings (SSSR count). The van der Waals surface area contributed by atoms with E-state index in [9.17, 15) is 19.5 Å². The Hall–Kier alpha value is -2.08. The van der Waals surface area contributed by atoms with Crippen LogP contribution in [0, 0.1) is 5.41 Å². The summed E-state index contributed by atoms with van der Waals surface area (Å²) < 4.78 is 0. The Morgan fingerprint density at radius 3 is 2.31 bits per heavy atom. The lowest BCUT2D eigenvalue weighted by atomic mass is 9.76. The van der Waals surface area contributed by atoms with Gasteiger partial charge in [-0.2, -0.15) is 0 Å². The molecule has 1 atom stereocenters. The van der Waals surface area contributed by atoms with Crippen molar-refractivity contribution >= 4 is 29.4 Å². The van der Waals surface area contributed by atoms with Gasteiger partial charge in [0.2, 0.25) is 11.8 Å². The maximum atomic E-state index is 12.5. The molecule has 2 amide bonds. The van der Waals surface area contributed by atoms with Crippen molar-refractivity contribution < 1.29 is 19.5 Å². The number of carbonyl (C=O) groups is 3. The Labute approximate surface area is 157 Å². The third kappa shape index (κ3) is 3.85. The number of amides is 2. The van der Waals surface area contributed by atoms with Crippen molar-refractivity contribution in [3.63, 3.8) is 0 Å². The van der Waals surface area contributed by atoms with E-state index in [0.717, 1.165) is 18.4 Å². The number of hydrogen-bond acceptors (Lipinski definition) is 3. The topological polar surface area (TPSA) is 77.9 Å². The predicted octanol–water partition coefficient (Wildman–Crippen LogP) is 2.20. The van der Waals surface area contributed by atoms with E-state index in [0.29, 0.717) is 37.5 Å². The average molecular weight is 379 g/mol. The predicted molar refractivity (Wildman–Crippen MR) is 96.8 cm³/mol. The summed E-state index contributed by atoms with van der Waals surface area (Å²) in [6, 6.07) is 6.51. The molecule has 1 unspecified atom stereocenters. The highest BCUT2D eigenvalue weighted by Crippen LogP contribution is 2.43.